The first-order valence-electron chi connectivity index (χ1n) is 3.76. The first kappa shape index (κ1) is 16.5. The Hall–Kier alpha value is 0.120. The molecule has 0 radical (unpaired) electrons. The van der Waals surface area contributed by atoms with E-state index >= 15 is 0 Å². The SMILES string of the molecule is C=CC(=O)NCC(CC)S(=O)(=O)[O-].[Na+]. The van der Waals surface area contributed by atoms with Gasteiger partial charge < -0.3 is 9.87 Å². The number of nitrogens with one attached hydrogen (secondary N) is 1. The van der Waals surface area contributed by atoms with Gasteiger partial charge in [0.05, 0.1) is 15.4 Å². The zero-order valence-corrected chi connectivity index (χ0v) is 11.1. The molecule has 1 N–H and O–H groups in total. The van der Waals surface area contributed by atoms with E-state index in [4.69, 9.17) is 0 Å². The first-order valence-corrected chi connectivity index (χ1v) is 5.24. The molecule has 5 nitrogen and oxygen atoms in total. The molecule has 7 heteroatoms. The Balaban J connectivity index is 0. The second-order valence-electron chi connectivity index (χ2n) is 2.47. The number of hydrogen-bond acceptors (Lipinski definition) is 4. The minimum atomic E-state index is -4.32. The molecule has 1 atom stereocenters. The molecule has 76 valence electrons. The molecule has 0 aromatic carbocycles. The van der Waals surface area contributed by atoms with Crippen LogP contribution >= 0.6 is 0 Å². The summed E-state index contributed by atoms with van der Waals surface area (Å²) >= 11 is 0. The number of hydrogen-bond donors (Lipinski definition) is 1. The Bertz CT molecular complexity index is 288. The van der Waals surface area contributed by atoms with E-state index in [0.717, 1.165) is 6.08 Å². The first-order chi connectivity index (χ1) is 5.91. The van der Waals surface area contributed by atoms with Crippen molar-refractivity contribution in [3.63, 3.8) is 0 Å². The van der Waals surface area contributed by atoms with Crippen LogP contribution in [0.25, 0.3) is 0 Å². The van der Waals surface area contributed by atoms with Crippen molar-refractivity contribution in [3.8, 4) is 0 Å². The van der Waals surface area contributed by atoms with Crippen LogP contribution in [0, 0.1) is 0 Å². The monoisotopic (exact) mass is 229 g/mol. The maximum Gasteiger partial charge on any atom is 1.00 e. The summed E-state index contributed by atoms with van der Waals surface area (Å²) < 4.78 is 31.6. The van der Waals surface area contributed by atoms with Gasteiger partial charge in [0.1, 0.15) is 0 Å². The molecular formula is C7H12NNaO4S. The molecule has 14 heavy (non-hydrogen) atoms. The Morgan fingerprint density at radius 1 is 1.64 bits per heavy atom. The molecule has 0 rings (SSSR count). The van der Waals surface area contributed by atoms with Crippen LogP contribution in [-0.2, 0) is 14.9 Å². The van der Waals surface area contributed by atoms with Gasteiger partial charge in [0.25, 0.3) is 0 Å². The molecule has 0 saturated carbocycles. The van der Waals surface area contributed by atoms with E-state index < -0.39 is 21.3 Å². The molecule has 0 spiro atoms. The van der Waals surface area contributed by atoms with E-state index in [1.807, 2.05) is 0 Å². The largest absolute Gasteiger partial charge is 1.00 e. The molecule has 0 aromatic heterocycles. The van der Waals surface area contributed by atoms with Crippen LogP contribution in [0.15, 0.2) is 12.7 Å². The van der Waals surface area contributed by atoms with Crippen molar-refractivity contribution in [3.05, 3.63) is 12.7 Å². The van der Waals surface area contributed by atoms with E-state index in [-0.39, 0.29) is 42.5 Å². The van der Waals surface area contributed by atoms with Gasteiger partial charge in [-0.2, -0.15) is 0 Å². The topological polar surface area (TPSA) is 86.3 Å². The van der Waals surface area contributed by atoms with E-state index in [2.05, 4.69) is 11.9 Å². The van der Waals surface area contributed by atoms with Gasteiger partial charge in [0.15, 0.2) is 0 Å². The van der Waals surface area contributed by atoms with Crippen LogP contribution < -0.4 is 34.9 Å². The Kier molecular flexibility index (Phi) is 8.77. The standard InChI is InChI=1S/C7H13NO4S.Na/c1-3-6(13(10,11)12)5-8-7(9)4-2;/h4,6H,2-3,5H2,1H3,(H,8,9)(H,10,11,12);/q;+1/p-1. The average molecular weight is 229 g/mol. The minimum absolute atomic E-state index is 0. The molecule has 0 saturated heterocycles. The second-order valence-corrected chi connectivity index (χ2v) is 4.12. The molecule has 0 aliphatic heterocycles. The van der Waals surface area contributed by atoms with Gasteiger partial charge in [-0.25, -0.2) is 8.42 Å². The minimum Gasteiger partial charge on any atom is -0.748 e. The molecule has 0 heterocycles. The maximum absolute atomic E-state index is 10.6. The number of rotatable bonds is 5. The molecule has 0 aliphatic carbocycles. The third-order valence-electron chi connectivity index (χ3n) is 1.55. The molecule has 0 aliphatic rings. The van der Waals surface area contributed by atoms with Crippen molar-refractivity contribution in [1.82, 2.24) is 5.32 Å². The van der Waals surface area contributed by atoms with Crippen molar-refractivity contribution in [2.45, 2.75) is 18.6 Å². The molecule has 1 amide bonds. The molecule has 0 fully saturated rings. The van der Waals surface area contributed by atoms with Gasteiger partial charge in [0.2, 0.25) is 5.91 Å². The van der Waals surface area contributed by atoms with E-state index in [1.165, 1.54) is 0 Å². The van der Waals surface area contributed by atoms with Gasteiger partial charge in [-0.05, 0) is 12.5 Å². The van der Waals surface area contributed by atoms with Crippen molar-refractivity contribution >= 4 is 16.0 Å². The van der Waals surface area contributed by atoms with Gasteiger partial charge in [-0.3, -0.25) is 4.79 Å². The van der Waals surface area contributed by atoms with E-state index in [9.17, 15) is 17.8 Å². The molecule has 0 bridgehead atoms. The Labute approximate surface area is 106 Å². The summed E-state index contributed by atoms with van der Waals surface area (Å²) in [5.41, 5.74) is 0. The summed E-state index contributed by atoms with van der Waals surface area (Å²) in [5.74, 6) is -0.484. The van der Waals surface area contributed by atoms with Crippen LogP contribution in [-0.4, -0.2) is 30.7 Å². The fourth-order valence-corrected chi connectivity index (χ4v) is 1.43. The van der Waals surface area contributed by atoms with Crippen LogP contribution in [0.1, 0.15) is 13.3 Å². The normalized spacial score (nSPS) is 12.4. The van der Waals surface area contributed by atoms with Crippen LogP contribution in [0.3, 0.4) is 0 Å². The quantitative estimate of drug-likeness (QED) is 0.303. The zero-order chi connectivity index (χ0) is 10.5. The van der Waals surface area contributed by atoms with E-state index in [0.29, 0.717) is 0 Å². The predicted octanol–water partition coefficient (Wildman–Crippen LogP) is -3.38. The smallest absolute Gasteiger partial charge is 0.748 e. The summed E-state index contributed by atoms with van der Waals surface area (Å²) in [7, 11) is -4.32. The molecule has 1 unspecified atom stereocenters. The third-order valence-corrected chi connectivity index (χ3v) is 2.87. The zero-order valence-electron chi connectivity index (χ0n) is 8.32. The molecular weight excluding hydrogens is 217 g/mol. The Morgan fingerprint density at radius 3 is 2.43 bits per heavy atom. The summed E-state index contributed by atoms with van der Waals surface area (Å²) in [6, 6.07) is 0. The summed E-state index contributed by atoms with van der Waals surface area (Å²) in [4.78, 5) is 10.6. The number of carbonyl (C=O) groups is 1. The maximum atomic E-state index is 10.6. The van der Waals surface area contributed by atoms with Crippen molar-refractivity contribution in [2.75, 3.05) is 6.54 Å². The third kappa shape index (κ3) is 6.56. The summed E-state index contributed by atoms with van der Waals surface area (Å²) in [5, 5.41) is 1.19. The average Bonchev–Trinajstić information content (AvgIpc) is 2.02. The van der Waals surface area contributed by atoms with Gasteiger partial charge in [-0.1, -0.05) is 13.5 Å². The number of carbonyl (C=O) groups excluding carboxylic acids is 1. The fourth-order valence-electron chi connectivity index (χ4n) is 0.737. The van der Waals surface area contributed by atoms with Crippen LogP contribution in [0.4, 0.5) is 0 Å². The molecule has 0 aromatic rings. The fraction of sp³-hybridized carbons (Fsp3) is 0.571. The number of amides is 1. The van der Waals surface area contributed by atoms with E-state index in [1.54, 1.807) is 6.92 Å². The van der Waals surface area contributed by atoms with Crippen molar-refractivity contribution < 1.29 is 47.3 Å². The summed E-state index contributed by atoms with van der Waals surface area (Å²) in [6.45, 7) is 4.60. The predicted molar refractivity (Wildman–Crippen MR) is 47.0 cm³/mol. The van der Waals surface area contributed by atoms with Crippen molar-refractivity contribution in [1.29, 1.82) is 0 Å². The van der Waals surface area contributed by atoms with Gasteiger partial charge in [-0.15, -0.1) is 0 Å². The summed E-state index contributed by atoms with van der Waals surface area (Å²) in [6.07, 6.45) is 1.20. The Morgan fingerprint density at radius 2 is 2.14 bits per heavy atom. The van der Waals surface area contributed by atoms with Crippen LogP contribution in [0.2, 0.25) is 0 Å². The van der Waals surface area contributed by atoms with Gasteiger partial charge in [0, 0.05) is 6.54 Å². The second kappa shape index (κ2) is 7.42. The van der Waals surface area contributed by atoms with Crippen molar-refractivity contribution in [2.24, 2.45) is 0 Å². The van der Waals surface area contributed by atoms with Gasteiger partial charge >= 0.3 is 29.6 Å². The van der Waals surface area contributed by atoms with Crippen LogP contribution in [0.5, 0.6) is 0 Å².